The molecular weight excluding hydrogens is 427 g/mol. The van der Waals surface area contributed by atoms with Gasteiger partial charge < -0.3 is 0 Å². The Labute approximate surface area is 183 Å². The van der Waals surface area contributed by atoms with Gasteiger partial charge in [-0.3, -0.25) is 9.63 Å². The largest absolute Gasteiger partial charge is 0.277 e. The third-order valence-electron chi connectivity index (χ3n) is 4.55. The quantitative estimate of drug-likeness (QED) is 0.351. The molecule has 1 heterocycles. The minimum atomic E-state index is -0.242. The third-order valence-corrected chi connectivity index (χ3v) is 6.43. The van der Waals surface area contributed by atoms with Crippen LogP contribution in [0.15, 0.2) is 75.4 Å². The summed E-state index contributed by atoms with van der Waals surface area (Å²) in [6.07, 6.45) is 0. The first-order valence-corrected chi connectivity index (χ1v) is 10.3. The maximum atomic E-state index is 12.5. The molecule has 1 amide bonds. The highest BCUT2D eigenvalue weighted by molar-refractivity contribution is 7.99. The average Bonchev–Trinajstić information content (AvgIpc) is 2.90. The Kier molecular flexibility index (Phi) is 5.65. The molecule has 1 aliphatic heterocycles. The Hall–Kier alpha value is -2.31. The van der Waals surface area contributed by atoms with Crippen molar-refractivity contribution in [3.63, 3.8) is 0 Å². The van der Waals surface area contributed by atoms with Gasteiger partial charge in [0.2, 0.25) is 0 Å². The molecule has 0 unspecified atom stereocenters. The lowest BCUT2D eigenvalue weighted by Crippen LogP contribution is -2.25. The Morgan fingerprint density at radius 1 is 1.00 bits per heavy atom. The van der Waals surface area contributed by atoms with E-state index in [-0.39, 0.29) is 5.91 Å². The van der Waals surface area contributed by atoms with Crippen molar-refractivity contribution in [2.75, 3.05) is 14.2 Å². The summed E-state index contributed by atoms with van der Waals surface area (Å²) in [6, 6.07) is 19.0. The molecule has 3 aromatic carbocycles. The number of amides is 1. The molecule has 4 nitrogen and oxygen atoms in total. The topological polar surface area (TPSA) is 41.9 Å². The lowest BCUT2D eigenvalue weighted by atomic mass is 10.0. The Morgan fingerprint density at radius 2 is 1.79 bits per heavy atom. The molecule has 0 fully saturated rings. The molecule has 3 aromatic rings. The zero-order valence-corrected chi connectivity index (χ0v) is 18.0. The third kappa shape index (κ3) is 3.91. The van der Waals surface area contributed by atoms with Gasteiger partial charge in [-0.1, -0.05) is 59.2 Å². The van der Waals surface area contributed by atoms with Gasteiger partial charge in [0, 0.05) is 33.5 Å². The van der Waals surface area contributed by atoms with Crippen LogP contribution >= 0.6 is 35.0 Å². The summed E-state index contributed by atoms with van der Waals surface area (Å²) in [5.74, 6) is -0.242. The minimum Gasteiger partial charge on any atom is -0.274 e. The van der Waals surface area contributed by atoms with Gasteiger partial charge in [0.15, 0.2) is 0 Å². The van der Waals surface area contributed by atoms with Crippen LogP contribution in [0.1, 0.15) is 21.5 Å². The van der Waals surface area contributed by atoms with E-state index in [0.717, 1.165) is 26.6 Å². The molecule has 0 atom stereocenters. The van der Waals surface area contributed by atoms with Crippen LogP contribution in [0.4, 0.5) is 5.69 Å². The van der Waals surface area contributed by atoms with Crippen LogP contribution in [0, 0.1) is 0 Å². The molecule has 0 spiro atoms. The van der Waals surface area contributed by atoms with Crippen molar-refractivity contribution in [2.24, 2.45) is 4.99 Å². The van der Waals surface area contributed by atoms with Crippen LogP contribution in [0.2, 0.25) is 10.0 Å². The van der Waals surface area contributed by atoms with E-state index in [4.69, 9.17) is 33.0 Å². The van der Waals surface area contributed by atoms with Crippen molar-refractivity contribution in [3.05, 3.63) is 87.4 Å². The van der Waals surface area contributed by atoms with Gasteiger partial charge >= 0.3 is 0 Å². The number of halogens is 2. The zero-order chi connectivity index (χ0) is 20.5. The Balaban J connectivity index is 1.90. The second-order valence-electron chi connectivity index (χ2n) is 6.36. The monoisotopic (exact) mass is 442 g/mol. The molecule has 1 aliphatic rings. The van der Waals surface area contributed by atoms with Crippen LogP contribution in [0.3, 0.4) is 0 Å². The van der Waals surface area contributed by atoms with E-state index >= 15 is 0 Å². The van der Waals surface area contributed by atoms with E-state index in [2.05, 4.69) is 6.07 Å². The first kappa shape index (κ1) is 20.0. The normalized spacial score (nSPS) is 12.5. The Morgan fingerprint density at radius 3 is 2.55 bits per heavy atom. The van der Waals surface area contributed by atoms with E-state index in [1.165, 1.54) is 12.2 Å². The fraction of sp³-hybridized carbons (Fsp3) is 0.0909. The minimum absolute atomic E-state index is 0.242. The van der Waals surface area contributed by atoms with Crippen LogP contribution in [0.5, 0.6) is 0 Å². The van der Waals surface area contributed by atoms with Crippen LogP contribution in [0.25, 0.3) is 0 Å². The van der Waals surface area contributed by atoms with Gasteiger partial charge in [0.25, 0.3) is 5.91 Å². The molecular formula is C22H16Cl2N2O2S. The first-order valence-electron chi connectivity index (χ1n) is 8.75. The van der Waals surface area contributed by atoms with E-state index < -0.39 is 0 Å². The number of hydrogen-bond acceptors (Lipinski definition) is 4. The summed E-state index contributed by atoms with van der Waals surface area (Å²) < 4.78 is 0. The van der Waals surface area contributed by atoms with Gasteiger partial charge in [-0.05, 0) is 36.4 Å². The second-order valence-corrected chi connectivity index (χ2v) is 8.25. The number of nitrogens with zero attached hydrogens (tertiary/aromatic N) is 2. The lowest BCUT2D eigenvalue weighted by molar-refractivity contribution is -0.0756. The maximum Gasteiger partial charge on any atom is 0.277 e. The van der Waals surface area contributed by atoms with Crippen molar-refractivity contribution in [2.45, 2.75) is 9.79 Å². The second kappa shape index (κ2) is 8.20. The predicted molar refractivity (Wildman–Crippen MR) is 118 cm³/mol. The molecule has 0 radical (unpaired) electrons. The molecule has 0 aromatic heterocycles. The summed E-state index contributed by atoms with van der Waals surface area (Å²) in [5, 5.41) is 2.14. The molecule has 7 heteroatoms. The van der Waals surface area contributed by atoms with Crippen molar-refractivity contribution in [3.8, 4) is 0 Å². The zero-order valence-electron chi connectivity index (χ0n) is 15.6. The average molecular weight is 443 g/mol. The van der Waals surface area contributed by atoms with Crippen molar-refractivity contribution >= 4 is 52.3 Å². The molecule has 0 aliphatic carbocycles. The fourth-order valence-corrected chi connectivity index (χ4v) is 4.30. The van der Waals surface area contributed by atoms with Gasteiger partial charge in [-0.2, -0.15) is 0 Å². The maximum absolute atomic E-state index is 12.5. The van der Waals surface area contributed by atoms with Crippen LogP contribution < -0.4 is 0 Å². The molecule has 4 rings (SSSR count). The number of carbonyl (C=O) groups is 1. The van der Waals surface area contributed by atoms with E-state index in [9.17, 15) is 4.79 Å². The van der Waals surface area contributed by atoms with Gasteiger partial charge in [-0.15, -0.1) is 0 Å². The summed E-state index contributed by atoms with van der Waals surface area (Å²) in [4.78, 5) is 24.5. The van der Waals surface area contributed by atoms with Crippen LogP contribution in [-0.2, 0) is 4.84 Å². The molecule has 0 bridgehead atoms. The number of fused-ring (bicyclic) bond motifs is 2. The highest BCUT2D eigenvalue weighted by Gasteiger charge is 2.21. The molecule has 146 valence electrons. The first-order chi connectivity index (χ1) is 14.0. The number of aliphatic imine (C=N–C) groups is 1. The Bertz CT molecular complexity index is 1150. The van der Waals surface area contributed by atoms with Gasteiger partial charge in [-0.25, -0.2) is 10.1 Å². The van der Waals surface area contributed by atoms with Crippen molar-refractivity contribution in [1.82, 2.24) is 5.06 Å². The highest BCUT2D eigenvalue weighted by Crippen LogP contribution is 2.42. The SMILES string of the molecule is CON(C)C(=O)c1ccc2c(c1)N=C(c1ccc(Cl)c(Cl)c1)c1ccccc1S2. The van der Waals surface area contributed by atoms with Crippen LogP contribution in [-0.4, -0.2) is 30.8 Å². The highest BCUT2D eigenvalue weighted by atomic mass is 35.5. The molecule has 0 saturated carbocycles. The van der Waals surface area contributed by atoms with Gasteiger partial charge in [0.05, 0.1) is 28.6 Å². The number of hydroxylamine groups is 2. The number of benzene rings is 3. The molecule has 0 saturated heterocycles. The lowest BCUT2D eigenvalue weighted by Gasteiger charge is -2.14. The van der Waals surface area contributed by atoms with Gasteiger partial charge in [0.1, 0.15) is 0 Å². The summed E-state index contributed by atoms with van der Waals surface area (Å²) in [7, 11) is 3.03. The summed E-state index contributed by atoms with van der Waals surface area (Å²) in [5.41, 5.74) is 3.83. The number of rotatable bonds is 3. The molecule has 29 heavy (non-hydrogen) atoms. The fourth-order valence-electron chi connectivity index (χ4n) is 3.00. The number of hydrogen-bond donors (Lipinski definition) is 0. The smallest absolute Gasteiger partial charge is 0.274 e. The van der Waals surface area contributed by atoms with E-state index in [0.29, 0.717) is 21.3 Å². The molecule has 0 N–H and O–H groups in total. The number of carbonyl (C=O) groups excluding carboxylic acids is 1. The summed E-state index contributed by atoms with van der Waals surface area (Å²) in [6.45, 7) is 0. The summed E-state index contributed by atoms with van der Waals surface area (Å²) >= 11 is 14.0. The van der Waals surface area contributed by atoms with E-state index in [1.54, 1.807) is 37.0 Å². The van der Waals surface area contributed by atoms with Crippen molar-refractivity contribution in [1.29, 1.82) is 0 Å². The standard InChI is InChI=1S/C22H16Cl2N2O2S/c1-26(28-2)22(27)14-8-10-20-18(12-14)25-21(13-7-9-16(23)17(24)11-13)15-5-3-4-6-19(15)29-20/h3-12H,1-2H3. The van der Waals surface area contributed by atoms with E-state index in [1.807, 2.05) is 36.4 Å². The van der Waals surface area contributed by atoms with Crippen molar-refractivity contribution < 1.29 is 9.63 Å². The predicted octanol–water partition coefficient (Wildman–Crippen LogP) is 6.26.